The molecule has 1 heterocycles. The number of ether oxygens (including phenoxy) is 1. The van der Waals surface area contributed by atoms with Gasteiger partial charge in [-0.1, -0.05) is 24.4 Å². The maximum Gasteiger partial charge on any atom is 0.573 e. The summed E-state index contributed by atoms with van der Waals surface area (Å²) >= 11 is 5.41. The smallest absolute Gasteiger partial charge is 0.406 e. The van der Waals surface area contributed by atoms with E-state index >= 15 is 0 Å². The number of hydrogen-bond acceptors (Lipinski definition) is 4. The van der Waals surface area contributed by atoms with E-state index in [2.05, 4.69) is 20.4 Å². The molecule has 4 rings (SSSR count). The molecule has 0 radical (unpaired) electrons. The Labute approximate surface area is 170 Å². The number of thiocarbonyl (C=S) groups is 1. The molecule has 2 saturated carbocycles. The van der Waals surface area contributed by atoms with E-state index in [1.807, 2.05) is 6.07 Å². The van der Waals surface area contributed by atoms with Crippen LogP contribution in [0.3, 0.4) is 0 Å². The largest absolute Gasteiger partial charge is 0.573 e. The van der Waals surface area contributed by atoms with Gasteiger partial charge in [0.05, 0.1) is 16.2 Å². The highest BCUT2D eigenvalue weighted by molar-refractivity contribution is 7.80. The number of nitrogens with one attached hydrogen (secondary N) is 2. The zero-order valence-corrected chi connectivity index (χ0v) is 16.1. The Morgan fingerprint density at radius 1 is 1.17 bits per heavy atom. The first-order valence-electron chi connectivity index (χ1n) is 9.19. The number of halogens is 3. The topological polar surface area (TPSA) is 63.2 Å². The van der Waals surface area contributed by atoms with Crippen LogP contribution in [0.2, 0.25) is 0 Å². The van der Waals surface area contributed by atoms with E-state index in [0.717, 1.165) is 36.2 Å². The Morgan fingerprint density at radius 3 is 2.41 bits per heavy atom. The minimum atomic E-state index is -4.74. The Balaban J connectivity index is 1.66. The van der Waals surface area contributed by atoms with Gasteiger partial charge in [0.15, 0.2) is 0 Å². The van der Waals surface area contributed by atoms with E-state index in [1.165, 1.54) is 12.1 Å². The van der Waals surface area contributed by atoms with Crippen molar-refractivity contribution < 1.29 is 22.7 Å². The second-order valence-electron chi connectivity index (χ2n) is 7.31. The van der Waals surface area contributed by atoms with Crippen LogP contribution in [0.5, 0.6) is 5.75 Å². The van der Waals surface area contributed by atoms with Crippen LogP contribution in [0, 0.1) is 5.92 Å². The first-order chi connectivity index (χ1) is 13.8. The minimum absolute atomic E-state index is 0.287. The summed E-state index contributed by atoms with van der Waals surface area (Å²) in [5, 5.41) is 6.00. The number of hydrogen-bond donors (Lipinski definition) is 2. The van der Waals surface area contributed by atoms with Crippen molar-refractivity contribution in [2.75, 3.05) is 5.32 Å². The van der Waals surface area contributed by atoms with Crippen molar-refractivity contribution in [2.45, 2.75) is 37.6 Å². The number of carbonyl (C=O) groups excluding carboxylic acids is 1. The number of nitrogens with zero attached hydrogens (tertiary/aromatic N) is 1. The second kappa shape index (κ2) is 7.29. The van der Waals surface area contributed by atoms with E-state index in [1.54, 1.807) is 18.2 Å². The van der Waals surface area contributed by atoms with Crippen LogP contribution >= 0.6 is 12.2 Å². The van der Waals surface area contributed by atoms with E-state index in [4.69, 9.17) is 12.2 Å². The first kappa shape index (κ1) is 19.6. The summed E-state index contributed by atoms with van der Waals surface area (Å²) in [5.74, 6) is 0.634. The van der Waals surface area contributed by atoms with Gasteiger partial charge in [-0.25, -0.2) is 4.98 Å². The summed E-state index contributed by atoms with van der Waals surface area (Å²) in [4.78, 5) is 16.4. The third-order valence-corrected chi connectivity index (χ3v) is 5.46. The molecule has 0 atom stereocenters. The van der Waals surface area contributed by atoms with Gasteiger partial charge in [-0.05, 0) is 61.1 Å². The molecule has 1 amide bonds. The van der Waals surface area contributed by atoms with Gasteiger partial charge in [-0.3, -0.25) is 4.79 Å². The fourth-order valence-electron chi connectivity index (χ4n) is 3.14. The van der Waals surface area contributed by atoms with Crippen molar-refractivity contribution in [3.8, 4) is 16.9 Å². The highest BCUT2D eigenvalue weighted by Crippen LogP contribution is 2.45. The number of alkyl halides is 3. The Morgan fingerprint density at radius 2 is 1.86 bits per heavy atom. The van der Waals surface area contributed by atoms with Gasteiger partial charge in [-0.15, -0.1) is 13.2 Å². The molecule has 29 heavy (non-hydrogen) atoms. The highest BCUT2D eigenvalue weighted by Gasteiger charge is 2.46. The molecule has 0 aliphatic heterocycles. The zero-order valence-electron chi connectivity index (χ0n) is 15.3. The van der Waals surface area contributed by atoms with Crippen molar-refractivity contribution in [3.05, 3.63) is 42.1 Å². The van der Waals surface area contributed by atoms with Gasteiger partial charge in [0, 0.05) is 5.92 Å². The normalized spacial score (nSPS) is 17.3. The fraction of sp³-hybridized carbons (Fsp3) is 0.350. The van der Waals surface area contributed by atoms with Crippen molar-refractivity contribution in [1.82, 2.24) is 10.3 Å². The Bertz CT molecular complexity index is 939. The van der Waals surface area contributed by atoms with Crippen molar-refractivity contribution in [2.24, 2.45) is 5.92 Å². The van der Waals surface area contributed by atoms with E-state index in [0.29, 0.717) is 29.4 Å². The average Bonchev–Trinajstić information content (AvgIpc) is 3.55. The first-order valence-corrected chi connectivity index (χ1v) is 9.60. The van der Waals surface area contributed by atoms with Crippen LogP contribution in [0.15, 0.2) is 36.4 Å². The quantitative estimate of drug-likeness (QED) is 0.508. The van der Waals surface area contributed by atoms with Gasteiger partial charge >= 0.3 is 6.36 Å². The fourth-order valence-corrected chi connectivity index (χ4v) is 3.48. The number of carbonyl (C=O) groups is 1. The molecule has 2 fully saturated rings. The molecule has 5 nitrogen and oxygen atoms in total. The summed E-state index contributed by atoms with van der Waals surface area (Å²) in [5.41, 5.74) is 1.65. The molecule has 2 aliphatic carbocycles. The summed E-state index contributed by atoms with van der Waals surface area (Å²) in [6.45, 7) is 0. The molecule has 0 saturated heterocycles. The number of benzene rings is 1. The van der Waals surface area contributed by atoms with E-state index in [-0.39, 0.29) is 5.75 Å². The highest BCUT2D eigenvalue weighted by atomic mass is 32.1. The van der Waals surface area contributed by atoms with Crippen LogP contribution in [0.25, 0.3) is 11.1 Å². The molecule has 2 aromatic rings. The molecular weight excluding hydrogens is 403 g/mol. The van der Waals surface area contributed by atoms with Gasteiger partial charge in [0.1, 0.15) is 11.6 Å². The lowest BCUT2D eigenvalue weighted by molar-refractivity contribution is -0.274. The predicted octanol–water partition coefficient (Wildman–Crippen LogP) is 4.53. The van der Waals surface area contributed by atoms with Crippen LogP contribution in [-0.4, -0.2) is 22.7 Å². The Kier molecular flexibility index (Phi) is 4.94. The lowest BCUT2D eigenvalue weighted by Gasteiger charge is -2.18. The zero-order chi connectivity index (χ0) is 20.6. The molecular formula is C20H18F3N3O2S. The maximum atomic E-state index is 12.4. The SMILES string of the molecule is O=CNC1(c2cc(-c3ccc(OC(F)(F)F)cc3)cc(NC(=S)C3CC3)n2)CC1. The number of anilines is 1. The number of amides is 1. The van der Waals surface area contributed by atoms with Crippen molar-refractivity contribution >= 4 is 29.4 Å². The molecule has 0 unspecified atom stereocenters. The third kappa shape index (κ3) is 4.67. The van der Waals surface area contributed by atoms with Gasteiger partial charge in [0.25, 0.3) is 0 Å². The summed E-state index contributed by atoms with van der Waals surface area (Å²) in [6.07, 6.45) is -0.433. The van der Waals surface area contributed by atoms with Crippen molar-refractivity contribution in [3.63, 3.8) is 0 Å². The number of pyridine rings is 1. The van der Waals surface area contributed by atoms with Crippen LogP contribution in [0.1, 0.15) is 31.4 Å². The molecule has 1 aromatic heterocycles. The van der Waals surface area contributed by atoms with Crippen LogP contribution in [-0.2, 0) is 10.3 Å². The molecule has 2 aliphatic rings. The van der Waals surface area contributed by atoms with Crippen LogP contribution < -0.4 is 15.4 Å². The third-order valence-electron chi connectivity index (χ3n) is 5.02. The summed E-state index contributed by atoms with van der Waals surface area (Å²) in [7, 11) is 0. The van der Waals surface area contributed by atoms with E-state index < -0.39 is 11.9 Å². The molecule has 1 aromatic carbocycles. The lowest BCUT2D eigenvalue weighted by atomic mass is 10.0. The second-order valence-corrected chi connectivity index (χ2v) is 7.75. The Hall–Kier alpha value is -2.68. The number of rotatable bonds is 7. The summed E-state index contributed by atoms with van der Waals surface area (Å²) < 4.78 is 41.1. The molecule has 152 valence electrons. The van der Waals surface area contributed by atoms with Gasteiger partial charge in [-0.2, -0.15) is 0 Å². The standard InChI is InChI=1S/C20H18F3N3O2S/c21-20(22,23)28-15-5-3-12(4-6-15)14-9-16(19(7-8-19)24-11-27)25-17(10-14)26-18(29)13-1-2-13/h3-6,9-11,13H,1-2,7-8H2,(H,24,27)(H,25,26,29). The monoisotopic (exact) mass is 421 g/mol. The van der Waals surface area contributed by atoms with Gasteiger partial charge in [0.2, 0.25) is 6.41 Å². The maximum absolute atomic E-state index is 12.4. The lowest BCUT2D eigenvalue weighted by Crippen LogP contribution is -2.29. The van der Waals surface area contributed by atoms with E-state index in [9.17, 15) is 18.0 Å². The molecule has 0 bridgehead atoms. The van der Waals surface area contributed by atoms with Gasteiger partial charge < -0.3 is 15.4 Å². The molecule has 0 spiro atoms. The summed E-state index contributed by atoms with van der Waals surface area (Å²) in [6, 6.07) is 9.28. The van der Waals surface area contributed by atoms with Crippen molar-refractivity contribution in [1.29, 1.82) is 0 Å². The predicted molar refractivity (Wildman–Crippen MR) is 105 cm³/mol. The van der Waals surface area contributed by atoms with Crippen LogP contribution in [0.4, 0.5) is 19.0 Å². The molecule has 2 N–H and O–H groups in total. The molecule has 9 heteroatoms. The minimum Gasteiger partial charge on any atom is -0.406 e. The number of aromatic nitrogens is 1. The average molecular weight is 421 g/mol.